The number of likely N-dealkylation sites (N-methyl/N-ethyl adjacent to an activating group) is 1. The Morgan fingerprint density at radius 2 is 2.17 bits per heavy atom. The molecular weight excluding hydrogens is 248 g/mol. The Morgan fingerprint density at radius 1 is 1.44 bits per heavy atom. The van der Waals surface area contributed by atoms with Crippen LogP contribution in [0.1, 0.15) is 25.8 Å². The standard InChI is InChI=1S/C14H23ClN2O/c1-4-11(2)17(3)9-8-16-10-12-6-5-7-13(15)14(12)18/h5-7,11,16,18H,4,8-10H2,1-3H3. The Hall–Kier alpha value is -0.770. The molecule has 1 rings (SSSR count). The van der Waals surface area contributed by atoms with Crippen LogP contribution in [0.2, 0.25) is 5.02 Å². The molecule has 1 atom stereocenters. The maximum atomic E-state index is 9.75. The number of rotatable bonds is 7. The first kappa shape index (κ1) is 15.3. The fourth-order valence-electron chi connectivity index (χ4n) is 1.71. The molecule has 0 bridgehead atoms. The smallest absolute Gasteiger partial charge is 0.138 e. The van der Waals surface area contributed by atoms with E-state index in [0.29, 0.717) is 17.6 Å². The summed E-state index contributed by atoms with van der Waals surface area (Å²) in [5, 5.41) is 13.5. The van der Waals surface area contributed by atoms with Crippen LogP contribution in [0.15, 0.2) is 18.2 Å². The van der Waals surface area contributed by atoms with E-state index in [4.69, 9.17) is 11.6 Å². The summed E-state index contributed by atoms with van der Waals surface area (Å²) in [7, 11) is 2.13. The third kappa shape index (κ3) is 4.48. The van der Waals surface area contributed by atoms with Crippen LogP contribution in [-0.2, 0) is 6.54 Å². The highest BCUT2D eigenvalue weighted by Crippen LogP contribution is 2.26. The average molecular weight is 271 g/mol. The SMILES string of the molecule is CCC(C)N(C)CCNCc1cccc(Cl)c1O. The van der Waals surface area contributed by atoms with E-state index in [2.05, 4.69) is 31.1 Å². The van der Waals surface area contributed by atoms with Crippen molar-refractivity contribution < 1.29 is 5.11 Å². The van der Waals surface area contributed by atoms with Crippen molar-refractivity contribution in [2.75, 3.05) is 20.1 Å². The Bertz CT molecular complexity index is 371. The average Bonchev–Trinajstić information content (AvgIpc) is 2.38. The molecule has 1 unspecified atom stereocenters. The lowest BCUT2D eigenvalue weighted by Gasteiger charge is -2.23. The second kappa shape index (κ2) is 7.62. The number of nitrogens with one attached hydrogen (secondary N) is 1. The van der Waals surface area contributed by atoms with Crippen molar-refractivity contribution in [1.82, 2.24) is 10.2 Å². The maximum Gasteiger partial charge on any atom is 0.138 e. The van der Waals surface area contributed by atoms with E-state index in [1.807, 2.05) is 12.1 Å². The van der Waals surface area contributed by atoms with Crippen molar-refractivity contribution in [3.8, 4) is 5.75 Å². The van der Waals surface area contributed by atoms with Crippen molar-refractivity contribution >= 4 is 11.6 Å². The summed E-state index contributed by atoms with van der Waals surface area (Å²) in [6.45, 7) is 6.95. The highest BCUT2D eigenvalue weighted by atomic mass is 35.5. The van der Waals surface area contributed by atoms with Gasteiger partial charge in [-0.3, -0.25) is 0 Å². The molecule has 1 aromatic rings. The number of phenolic OH excluding ortho intramolecular Hbond substituents is 1. The van der Waals surface area contributed by atoms with Crippen molar-refractivity contribution in [1.29, 1.82) is 0 Å². The number of para-hydroxylation sites is 1. The Labute approximate surface area is 115 Å². The number of phenols is 1. The number of hydrogen-bond acceptors (Lipinski definition) is 3. The molecule has 0 heterocycles. The van der Waals surface area contributed by atoms with E-state index in [9.17, 15) is 5.11 Å². The topological polar surface area (TPSA) is 35.5 Å². The molecule has 0 aliphatic heterocycles. The number of benzene rings is 1. The fourth-order valence-corrected chi connectivity index (χ4v) is 1.91. The Kier molecular flexibility index (Phi) is 6.47. The van der Waals surface area contributed by atoms with Crippen LogP contribution in [0.25, 0.3) is 0 Å². The predicted octanol–water partition coefficient (Wildman–Crippen LogP) is 2.87. The number of nitrogens with zero attached hydrogens (tertiary/aromatic N) is 1. The minimum absolute atomic E-state index is 0.182. The van der Waals surface area contributed by atoms with Crippen LogP contribution >= 0.6 is 11.6 Å². The molecular formula is C14H23ClN2O. The summed E-state index contributed by atoms with van der Waals surface area (Å²) < 4.78 is 0. The summed E-state index contributed by atoms with van der Waals surface area (Å²) in [6, 6.07) is 6.03. The van der Waals surface area contributed by atoms with Gasteiger partial charge in [0.15, 0.2) is 0 Å². The molecule has 102 valence electrons. The second-order valence-corrected chi connectivity index (χ2v) is 5.07. The molecule has 0 aliphatic rings. The molecule has 3 nitrogen and oxygen atoms in total. The van der Waals surface area contributed by atoms with Gasteiger partial charge in [-0.1, -0.05) is 30.7 Å². The molecule has 0 aliphatic carbocycles. The first-order valence-corrected chi connectivity index (χ1v) is 6.81. The quantitative estimate of drug-likeness (QED) is 0.748. The Balaban J connectivity index is 2.32. The molecule has 1 aromatic carbocycles. The van der Waals surface area contributed by atoms with Crippen LogP contribution in [0.3, 0.4) is 0 Å². The minimum Gasteiger partial charge on any atom is -0.506 e. The predicted molar refractivity (Wildman–Crippen MR) is 77.2 cm³/mol. The molecule has 0 fully saturated rings. The van der Waals surface area contributed by atoms with Crippen molar-refractivity contribution in [3.05, 3.63) is 28.8 Å². The molecule has 0 amide bonds. The van der Waals surface area contributed by atoms with Gasteiger partial charge >= 0.3 is 0 Å². The third-order valence-corrected chi connectivity index (χ3v) is 3.68. The van der Waals surface area contributed by atoms with Crippen LogP contribution in [0.5, 0.6) is 5.75 Å². The summed E-state index contributed by atoms with van der Waals surface area (Å²) in [5.74, 6) is 0.182. The number of halogens is 1. The fraction of sp³-hybridized carbons (Fsp3) is 0.571. The monoisotopic (exact) mass is 270 g/mol. The molecule has 4 heteroatoms. The lowest BCUT2D eigenvalue weighted by molar-refractivity contribution is 0.251. The van der Waals surface area contributed by atoms with Gasteiger partial charge in [0, 0.05) is 31.2 Å². The summed E-state index contributed by atoms with van der Waals surface area (Å²) in [5.41, 5.74) is 0.841. The van der Waals surface area contributed by atoms with Gasteiger partial charge < -0.3 is 15.3 Å². The molecule has 0 spiro atoms. The van der Waals surface area contributed by atoms with Crippen molar-refractivity contribution in [3.63, 3.8) is 0 Å². The summed E-state index contributed by atoms with van der Waals surface area (Å²) >= 11 is 5.85. The van der Waals surface area contributed by atoms with Crippen LogP contribution in [-0.4, -0.2) is 36.2 Å². The lowest BCUT2D eigenvalue weighted by atomic mass is 10.2. The highest BCUT2D eigenvalue weighted by Gasteiger charge is 2.07. The van der Waals surface area contributed by atoms with E-state index in [1.54, 1.807) is 6.07 Å². The zero-order valence-electron chi connectivity index (χ0n) is 11.4. The molecule has 0 aromatic heterocycles. The second-order valence-electron chi connectivity index (χ2n) is 4.66. The summed E-state index contributed by atoms with van der Waals surface area (Å²) in [4.78, 5) is 2.32. The number of hydrogen-bond donors (Lipinski definition) is 2. The first-order chi connectivity index (χ1) is 8.56. The van der Waals surface area contributed by atoms with Gasteiger partial charge in [0.05, 0.1) is 5.02 Å². The van der Waals surface area contributed by atoms with E-state index in [1.165, 1.54) is 0 Å². The van der Waals surface area contributed by atoms with Crippen LogP contribution in [0, 0.1) is 0 Å². The first-order valence-electron chi connectivity index (χ1n) is 6.43. The third-order valence-electron chi connectivity index (χ3n) is 3.37. The van der Waals surface area contributed by atoms with Gasteiger partial charge in [0.1, 0.15) is 5.75 Å². The zero-order valence-corrected chi connectivity index (χ0v) is 12.2. The van der Waals surface area contributed by atoms with Gasteiger partial charge in [-0.2, -0.15) is 0 Å². The van der Waals surface area contributed by atoms with Gasteiger partial charge in [0.25, 0.3) is 0 Å². The minimum atomic E-state index is 0.182. The van der Waals surface area contributed by atoms with Crippen molar-refractivity contribution in [2.24, 2.45) is 0 Å². The van der Waals surface area contributed by atoms with E-state index < -0.39 is 0 Å². The van der Waals surface area contributed by atoms with Crippen LogP contribution in [0.4, 0.5) is 0 Å². The number of aromatic hydroxyl groups is 1. The molecule has 0 saturated heterocycles. The Morgan fingerprint density at radius 3 is 2.83 bits per heavy atom. The van der Waals surface area contributed by atoms with Crippen LogP contribution < -0.4 is 5.32 Å². The molecule has 0 saturated carbocycles. The lowest BCUT2D eigenvalue weighted by Crippen LogP contribution is -2.34. The van der Waals surface area contributed by atoms with E-state index in [0.717, 1.165) is 25.1 Å². The van der Waals surface area contributed by atoms with Crippen molar-refractivity contribution in [2.45, 2.75) is 32.9 Å². The zero-order chi connectivity index (χ0) is 13.5. The van der Waals surface area contributed by atoms with Gasteiger partial charge in [-0.25, -0.2) is 0 Å². The van der Waals surface area contributed by atoms with Gasteiger partial charge in [-0.05, 0) is 26.5 Å². The maximum absolute atomic E-state index is 9.75. The largest absolute Gasteiger partial charge is 0.506 e. The van der Waals surface area contributed by atoms with Gasteiger partial charge in [-0.15, -0.1) is 0 Å². The molecule has 0 radical (unpaired) electrons. The summed E-state index contributed by atoms with van der Waals surface area (Å²) in [6.07, 6.45) is 1.16. The highest BCUT2D eigenvalue weighted by molar-refractivity contribution is 6.32. The normalized spacial score (nSPS) is 12.9. The van der Waals surface area contributed by atoms with E-state index >= 15 is 0 Å². The molecule has 18 heavy (non-hydrogen) atoms. The van der Waals surface area contributed by atoms with E-state index in [-0.39, 0.29) is 5.75 Å². The molecule has 2 N–H and O–H groups in total. The van der Waals surface area contributed by atoms with Gasteiger partial charge in [0.2, 0.25) is 0 Å².